The maximum absolute atomic E-state index is 12.8. The zero-order chi connectivity index (χ0) is 22.6. The van der Waals surface area contributed by atoms with E-state index >= 15 is 0 Å². The monoisotopic (exact) mass is 460 g/mol. The lowest BCUT2D eigenvalue weighted by molar-refractivity contribution is -0.125. The average molecular weight is 461 g/mol. The molecule has 2 aromatic rings. The molecule has 0 unspecified atom stereocenters. The second-order valence-corrected chi connectivity index (χ2v) is 9.92. The molecule has 0 saturated carbocycles. The maximum atomic E-state index is 12.8. The van der Waals surface area contributed by atoms with Crippen LogP contribution in [0.25, 0.3) is 10.1 Å². The predicted octanol–water partition coefficient (Wildman–Crippen LogP) is 4.66. The van der Waals surface area contributed by atoms with E-state index in [1.165, 1.54) is 11.3 Å². The Balaban J connectivity index is 1.00. The van der Waals surface area contributed by atoms with Crippen LogP contribution >= 0.6 is 11.3 Å². The highest BCUT2D eigenvalue weighted by Crippen LogP contribution is 2.27. The fraction of sp³-hybridized carbons (Fsp3) is 0.385. The van der Waals surface area contributed by atoms with E-state index in [9.17, 15) is 9.59 Å². The van der Waals surface area contributed by atoms with E-state index in [1.807, 2.05) is 29.2 Å². The SMILES string of the molecule is O=C(NCCCCC1CCN(C(=O)C2=NC3=CCC=CC3=C2)CC1)c1cc2ccncc2s1. The molecule has 0 atom stereocenters. The van der Waals surface area contributed by atoms with Crippen molar-refractivity contribution in [3.05, 3.63) is 65.0 Å². The summed E-state index contributed by atoms with van der Waals surface area (Å²) in [5, 5.41) is 4.11. The molecular weight excluding hydrogens is 432 g/mol. The summed E-state index contributed by atoms with van der Waals surface area (Å²) in [5.74, 6) is 0.709. The lowest BCUT2D eigenvalue weighted by atomic mass is 9.91. The van der Waals surface area contributed by atoms with Gasteiger partial charge in [0.05, 0.1) is 15.3 Å². The Morgan fingerprint density at radius 3 is 2.91 bits per heavy atom. The van der Waals surface area contributed by atoms with Crippen molar-refractivity contribution in [2.75, 3.05) is 19.6 Å². The fourth-order valence-electron chi connectivity index (χ4n) is 4.66. The first-order valence-corrected chi connectivity index (χ1v) is 12.6. The Bertz CT molecular complexity index is 1150. The third-order valence-electron chi connectivity index (χ3n) is 6.57. The fourth-order valence-corrected chi connectivity index (χ4v) is 5.61. The highest BCUT2D eigenvalue weighted by Gasteiger charge is 2.27. The number of amides is 2. The Morgan fingerprint density at radius 2 is 2.09 bits per heavy atom. The molecule has 33 heavy (non-hydrogen) atoms. The molecule has 3 aliphatic rings. The first-order valence-electron chi connectivity index (χ1n) is 11.8. The molecule has 1 fully saturated rings. The van der Waals surface area contributed by atoms with Crippen LogP contribution in [0.1, 0.15) is 48.2 Å². The molecule has 4 heterocycles. The molecule has 0 aromatic carbocycles. The minimum Gasteiger partial charge on any atom is -0.351 e. The van der Waals surface area contributed by atoms with Gasteiger partial charge in [0.2, 0.25) is 0 Å². The van der Waals surface area contributed by atoms with Gasteiger partial charge in [-0.3, -0.25) is 14.6 Å². The van der Waals surface area contributed by atoms with E-state index in [-0.39, 0.29) is 11.8 Å². The molecule has 1 saturated heterocycles. The number of pyridine rings is 1. The van der Waals surface area contributed by atoms with Crippen LogP contribution in [0.2, 0.25) is 0 Å². The van der Waals surface area contributed by atoms with Gasteiger partial charge in [0.1, 0.15) is 5.71 Å². The Hall–Kier alpha value is -3.06. The Morgan fingerprint density at radius 1 is 1.21 bits per heavy atom. The van der Waals surface area contributed by atoms with Gasteiger partial charge < -0.3 is 10.2 Å². The predicted molar refractivity (Wildman–Crippen MR) is 132 cm³/mol. The van der Waals surface area contributed by atoms with Crippen LogP contribution in [0.15, 0.2) is 65.1 Å². The van der Waals surface area contributed by atoms with Crippen LogP contribution in [0.3, 0.4) is 0 Å². The molecule has 170 valence electrons. The van der Waals surface area contributed by atoms with Gasteiger partial charge in [-0.2, -0.15) is 0 Å². The summed E-state index contributed by atoms with van der Waals surface area (Å²) < 4.78 is 1.04. The highest BCUT2D eigenvalue weighted by atomic mass is 32.1. The number of aromatic nitrogens is 1. The first-order chi connectivity index (χ1) is 16.2. The van der Waals surface area contributed by atoms with Gasteiger partial charge in [-0.1, -0.05) is 31.1 Å². The second-order valence-electron chi connectivity index (χ2n) is 8.84. The van der Waals surface area contributed by atoms with E-state index in [2.05, 4.69) is 27.4 Å². The van der Waals surface area contributed by atoms with Crippen molar-refractivity contribution in [2.45, 2.75) is 38.5 Å². The highest BCUT2D eigenvalue weighted by molar-refractivity contribution is 7.20. The number of carbonyl (C=O) groups excluding carboxylic acids is 2. The summed E-state index contributed by atoms with van der Waals surface area (Å²) >= 11 is 1.48. The molecule has 2 aromatic heterocycles. The molecule has 2 aliphatic heterocycles. The molecule has 7 heteroatoms. The van der Waals surface area contributed by atoms with Crippen molar-refractivity contribution in [3.63, 3.8) is 0 Å². The number of allylic oxidation sites excluding steroid dienone is 3. The number of hydrogen-bond acceptors (Lipinski definition) is 5. The normalized spacial score (nSPS) is 18.1. The van der Waals surface area contributed by atoms with Crippen molar-refractivity contribution < 1.29 is 9.59 Å². The number of aliphatic imine (C=N–C) groups is 1. The van der Waals surface area contributed by atoms with Gasteiger partial charge in [-0.05, 0) is 55.2 Å². The summed E-state index contributed by atoms with van der Waals surface area (Å²) in [7, 11) is 0. The standard InChI is InChI=1S/C26H28N4O2S/c31-25(23-16-20-8-12-27-17-24(20)33-23)28-11-4-3-5-18-9-13-30(14-10-18)26(32)22-15-19-6-1-2-7-21(19)29-22/h1,6-8,12,15-18H,2-5,9-11,13-14H2,(H,28,31). The third kappa shape index (κ3) is 4.98. The number of nitrogens with one attached hydrogen (secondary N) is 1. The molecule has 0 radical (unpaired) electrons. The first kappa shape index (κ1) is 21.8. The summed E-state index contributed by atoms with van der Waals surface area (Å²) in [5.41, 5.74) is 2.56. The van der Waals surface area contributed by atoms with Crippen molar-refractivity contribution >= 4 is 38.9 Å². The molecule has 1 N–H and O–H groups in total. The Kier molecular flexibility index (Phi) is 6.48. The van der Waals surface area contributed by atoms with E-state index in [0.717, 1.165) is 77.8 Å². The molecule has 0 spiro atoms. The number of piperidine rings is 1. The summed E-state index contributed by atoms with van der Waals surface area (Å²) in [6.45, 7) is 2.30. The molecule has 5 rings (SSSR count). The molecule has 0 bridgehead atoms. The third-order valence-corrected chi connectivity index (χ3v) is 7.65. The summed E-state index contributed by atoms with van der Waals surface area (Å²) in [6, 6.07) is 3.86. The van der Waals surface area contributed by atoms with Crippen LogP contribution in [-0.2, 0) is 4.79 Å². The number of likely N-dealkylation sites (tertiary alicyclic amines) is 1. The average Bonchev–Trinajstić information content (AvgIpc) is 3.48. The van der Waals surface area contributed by atoms with E-state index in [4.69, 9.17) is 0 Å². The van der Waals surface area contributed by atoms with Crippen LogP contribution < -0.4 is 5.32 Å². The zero-order valence-electron chi connectivity index (χ0n) is 18.6. The lowest BCUT2D eigenvalue weighted by Gasteiger charge is -2.31. The lowest BCUT2D eigenvalue weighted by Crippen LogP contribution is -2.41. The van der Waals surface area contributed by atoms with Crippen molar-refractivity contribution in [1.82, 2.24) is 15.2 Å². The van der Waals surface area contributed by atoms with Crippen LogP contribution in [0.5, 0.6) is 0 Å². The summed E-state index contributed by atoms with van der Waals surface area (Å²) in [4.78, 5) is 36.6. The number of fused-ring (bicyclic) bond motifs is 2. The van der Waals surface area contributed by atoms with Crippen LogP contribution in [-0.4, -0.2) is 47.0 Å². The molecule has 6 nitrogen and oxygen atoms in total. The molecular formula is C26H28N4O2S. The topological polar surface area (TPSA) is 74.7 Å². The van der Waals surface area contributed by atoms with Crippen molar-refractivity contribution in [2.24, 2.45) is 10.9 Å². The van der Waals surface area contributed by atoms with Gasteiger partial charge in [0.15, 0.2) is 0 Å². The minimum absolute atomic E-state index is 0.00101. The smallest absolute Gasteiger partial charge is 0.272 e. The Labute approximate surface area is 197 Å². The van der Waals surface area contributed by atoms with Crippen LogP contribution in [0, 0.1) is 5.92 Å². The zero-order valence-corrected chi connectivity index (χ0v) is 19.4. The van der Waals surface area contributed by atoms with E-state index < -0.39 is 0 Å². The second kappa shape index (κ2) is 9.83. The number of thiophene rings is 1. The largest absolute Gasteiger partial charge is 0.351 e. The van der Waals surface area contributed by atoms with Crippen molar-refractivity contribution in [3.8, 4) is 0 Å². The van der Waals surface area contributed by atoms with Gasteiger partial charge >= 0.3 is 0 Å². The van der Waals surface area contributed by atoms with Crippen LogP contribution in [0.4, 0.5) is 0 Å². The number of unbranched alkanes of at least 4 members (excludes halogenated alkanes) is 1. The number of carbonyl (C=O) groups is 2. The van der Waals surface area contributed by atoms with E-state index in [0.29, 0.717) is 18.2 Å². The van der Waals surface area contributed by atoms with Gasteiger partial charge in [0.25, 0.3) is 11.8 Å². The molecule has 1 aliphatic carbocycles. The quantitative estimate of drug-likeness (QED) is 0.611. The van der Waals surface area contributed by atoms with Gasteiger partial charge in [0, 0.05) is 37.6 Å². The molecule has 2 amide bonds. The number of nitrogens with zero attached hydrogens (tertiary/aromatic N) is 3. The van der Waals surface area contributed by atoms with Gasteiger partial charge in [-0.25, -0.2) is 4.99 Å². The maximum Gasteiger partial charge on any atom is 0.272 e. The number of hydrogen-bond donors (Lipinski definition) is 1. The summed E-state index contributed by atoms with van der Waals surface area (Å²) in [6.07, 6.45) is 17.9. The van der Waals surface area contributed by atoms with Gasteiger partial charge in [-0.15, -0.1) is 11.3 Å². The van der Waals surface area contributed by atoms with E-state index in [1.54, 1.807) is 12.4 Å². The van der Waals surface area contributed by atoms with Crippen molar-refractivity contribution in [1.29, 1.82) is 0 Å². The number of rotatable bonds is 7. The minimum atomic E-state index is -0.00101.